The fraction of sp³-hybridized carbons (Fsp3) is 0.463. The van der Waals surface area contributed by atoms with Gasteiger partial charge in [0, 0.05) is 43.7 Å². The number of nitrogens with one attached hydrogen (secondary N) is 2. The number of para-hydroxylation sites is 1. The van der Waals surface area contributed by atoms with E-state index in [1.165, 1.54) is 22.2 Å². The van der Waals surface area contributed by atoms with Crippen molar-refractivity contribution >= 4 is 51.0 Å². The summed E-state index contributed by atoms with van der Waals surface area (Å²) >= 11 is 0. The predicted molar refractivity (Wildman–Crippen MR) is 210 cm³/mol. The van der Waals surface area contributed by atoms with Gasteiger partial charge in [-0.1, -0.05) is 12.1 Å². The number of alkyl halides is 7. The Morgan fingerprint density at radius 2 is 1.75 bits per heavy atom. The Morgan fingerprint density at radius 3 is 2.44 bits per heavy atom. The highest BCUT2D eigenvalue weighted by Gasteiger charge is 2.47. The van der Waals surface area contributed by atoms with E-state index in [1.807, 2.05) is 0 Å². The second kappa shape index (κ2) is 15.9. The van der Waals surface area contributed by atoms with Crippen LogP contribution in [0.25, 0.3) is 21.9 Å². The van der Waals surface area contributed by atoms with E-state index >= 15 is 8.78 Å². The van der Waals surface area contributed by atoms with Crippen molar-refractivity contribution in [3.63, 3.8) is 0 Å². The minimum Gasteiger partial charge on any atom is -0.364 e. The van der Waals surface area contributed by atoms with Crippen molar-refractivity contribution in [2.45, 2.75) is 81.6 Å². The lowest BCUT2D eigenvalue weighted by molar-refractivity contribution is -0.141. The smallest absolute Gasteiger partial charge is 0.364 e. The number of aryl methyl sites for hydroxylation is 1. The van der Waals surface area contributed by atoms with Crippen molar-refractivity contribution in [1.82, 2.24) is 34.1 Å². The van der Waals surface area contributed by atoms with Crippen molar-refractivity contribution in [1.29, 1.82) is 0 Å². The van der Waals surface area contributed by atoms with Gasteiger partial charge in [-0.05, 0) is 87.9 Å². The van der Waals surface area contributed by atoms with Crippen molar-refractivity contribution in [3.8, 4) is 0 Å². The number of pyridine rings is 1. The maximum Gasteiger partial charge on any atom is 0.433 e. The van der Waals surface area contributed by atoms with E-state index in [4.69, 9.17) is 0 Å². The lowest BCUT2D eigenvalue weighted by atomic mass is 9.85. The number of hydrogen-bond acceptors (Lipinski definition) is 8. The summed E-state index contributed by atoms with van der Waals surface area (Å²) in [5.74, 6) is -5.10. The van der Waals surface area contributed by atoms with Crippen LogP contribution in [0.3, 0.4) is 0 Å². The molecule has 3 amide bonds. The van der Waals surface area contributed by atoms with Gasteiger partial charge in [-0.15, -0.1) is 0 Å². The molecule has 2 atom stereocenters. The van der Waals surface area contributed by atoms with Crippen LogP contribution < -0.4 is 21.2 Å². The topological polar surface area (TPSA) is 139 Å². The molecule has 2 N–H and O–H groups in total. The number of hydrogen-bond donors (Lipinski definition) is 2. The number of imidazole rings is 1. The number of fused-ring (bicyclic) bond motifs is 2. The summed E-state index contributed by atoms with van der Waals surface area (Å²) in [5.41, 5.74) is -1.68. The normalized spacial score (nSPS) is 22.4. The number of imide groups is 1. The fourth-order valence-electron chi connectivity index (χ4n) is 9.19. The maximum absolute atomic E-state index is 16.1. The molecule has 1 aliphatic carbocycles. The number of anilines is 2. The first-order valence-electron chi connectivity index (χ1n) is 19.9. The van der Waals surface area contributed by atoms with Crippen molar-refractivity contribution in [2.75, 3.05) is 36.9 Å². The molecule has 0 bridgehead atoms. The van der Waals surface area contributed by atoms with Crippen LogP contribution >= 0.6 is 0 Å². The standard InChI is InChI=1S/C41H42F7N9O4/c1-53(33-15-16-55(21-40(33,44)45)29-6-4-7-30-35(29)54(2)39(61)57(30)31-13-14-34(58)51-38(31)60)19-22-9-11-24(12-10-22)56-20-23-17-28(25(36(42)43)18-27(23)52-56)50-37(59)26-5-3-8-32(49-26)41(46,47)48/h3-8,17-18,20,22,24,31,33,36H,9-16,19,21H2,1-2H3,(H,50,59)(H,51,58,60)/t22-,24-,31?,33?. The van der Waals surface area contributed by atoms with Crippen LogP contribution in [-0.2, 0) is 22.8 Å². The van der Waals surface area contributed by atoms with Gasteiger partial charge in [-0.25, -0.2) is 27.3 Å². The SMILES string of the molecule is CN(C[C@H]1CC[C@H](n2cc3cc(NC(=O)c4cccc(C(F)(F)F)n4)c(C(F)F)cc3n2)CC1)C1CCN(c2cccc3c2n(C)c(=O)n3C2CCC(=O)NC2=O)CC1(F)F. The molecule has 0 radical (unpaired) electrons. The van der Waals surface area contributed by atoms with Crippen LogP contribution in [0, 0.1) is 5.92 Å². The second-order valence-electron chi connectivity index (χ2n) is 16.2. The fourth-order valence-corrected chi connectivity index (χ4v) is 9.19. The highest BCUT2D eigenvalue weighted by atomic mass is 19.4. The molecule has 3 fully saturated rings. The van der Waals surface area contributed by atoms with Crippen molar-refractivity contribution in [2.24, 2.45) is 13.0 Å². The Morgan fingerprint density at radius 1 is 1.02 bits per heavy atom. The van der Waals surface area contributed by atoms with Crippen LogP contribution in [0.5, 0.6) is 0 Å². The molecule has 8 rings (SSSR count). The zero-order chi connectivity index (χ0) is 43.5. The van der Waals surface area contributed by atoms with Gasteiger partial charge in [0.2, 0.25) is 11.8 Å². The molecule has 0 spiro atoms. The minimum absolute atomic E-state index is 0.0747. The van der Waals surface area contributed by atoms with E-state index in [0.29, 0.717) is 66.9 Å². The molecule has 13 nitrogen and oxygen atoms in total. The van der Waals surface area contributed by atoms with Crippen LogP contribution in [0.15, 0.2) is 59.5 Å². The van der Waals surface area contributed by atoms with Gasteiger partial charge >= 0.3 is 11.9 Å². The number of piperidine rings is 2. The third-order valence-electron chi connectivity index (χ3n) is 12.2. The summed E-state index contributed by atoms with van der Waals surface area (Å²) in [6.07, 6.45) is -3.11. The van der Waals surface area contributed by atoms with Crippen LogP contribution in [-0.4, -0.2) is 85.2 Å². The van der Waals surface area contributed by atoms with E-state index in [1.54, 1.807) is 45.9 Å². The average Bonchev–Trinajstić information content (AvgIpc) is 3.74. The number of amides is 3. The van der Waals surface area contributed by atoms with E-state index in [-0.39, 0.29) is 42.4 Å². The Balaban J connectivity index is 0.905. The highest BCUT2D eigenvalue weighted by molar-refractivity contribution is 6.04. The summed E-state index contributed by atoms with van der Waals surface area (Å²) in [6, 6.07) is 8.15. The van der Waals surface area contributed by atoms with Crippen molar-refractivity contribution in [3.05, 3.63) is 82.2 Å². The van der Waals surface area contributed by atoms with Crippen LogP contribution in [0.2, 0.25) is 0 Å². The summed E-state index contributed by atoms with van der Waals surface area (Å²) in [5, 5.41) is 9.52. The van der Waals surface area contributed by atoms with Crippen LogP contribution in [0.1, 0.15) is 85.2 Å². The molecule has 1 saturated carbocycles. The average molecular weight is 858 g/mol. The third-order valence-corrected chi connectivity index (χ3v) is 12.2. The molecule has 2 unspecified atom stereocenters. The van der Waals surface area contributed by atoms with E-state index in [2.05, 4.69) is 20.7 Å². The van der Waals surface area contributed by atoms with E-state index in [9.17, 15) is 41.1 Å². The molecule has 61 heavy (non-hydrogen) atoms. The molecule has 2 saturated heterocycles. The zero-order valence-electron chi connectivity index (χ0n) is 33.1. The van der Waals surface area contributed by atoms with Crippen LogP contribution in [0.4, 0.5) is 42.1 Å². The van der Waals surface area contributed by atoms with Gasteiger partial charge in [0.15, 0.2) is 0 Å². The highest BCUT2D eigenvalue weighted by Crippen LogP contribution is 2.40. The maximum atomic E-state index is 16.1. The molecule has 2 aliphatic heterocycles. The Hall–Kier alpha value is -5.79. The van der Waals surface area contributed by atoms with Gasteiger partial charge in [-0.2, -0.15) is 18.3 Å². The number of benzene rings is 2. The number of nitrogens with zero attached hydrogens (tertiary/aromatic N) is 7. The number of halogens is 7. The number of carbonyl (C=O) groups excluding carboxylic acids is 3. The Kier molecular flexibility index (Phi) is 10.9. The summed E-state index contributed by atoms with van der Waals surface area (Å²) in [6.45, 7) is 0.135. The van der Waals surface area contributed by atoms with Gasteiger partial charge < -0.3 is 10.2 Å². The number of rotatable bonds is 9. The Labute approximate surface area is 343 Å². The molecule has 20 heteroatoms. The third kappa shape index (κ3) is 8.08. The summed E-state index contributed by atoms with van der Waals surface area (Å²) in [7, 11) is 3.23. The van der Waals surface area contributed by atoms with Gasteiger partial charge in [0.1, 0.15) is 17.4 Å². The Bertz CT molecular complexity index is 2580. The lowest BCUT2D eigenvalue weighted by Crippen LogP contribution is -2.58. The molecule has 3 aromatic heterocycles. The van der Waals surface area contributed by atoms with Gasteiger partial charge in [-0.3, -0.25) is 38.4 Å². The molecular formula is C41H42F7N9O4. The number of aromatic nitrogens is 5. The van der Waals surface area contributed by atoms with Gasteiger partial charge in [0.05, 0.1) is 46.6 Å². The first kappa shape index (κ1) is 41.9. The summed E-state index contributed by atoms with van der Waals surface area (Å²) in [4.78, 5) is 57.3. The monoisotopic (exact) mass is 857 g/mol. The quantitative estimate of drug-likeness (QED) is 0.121. The lowest BCUT2D eigenvalue weighted by Gasteiger charge is -2.44. The molecule has 3 aliphatic rings. The molecule has 2 aromatic carbocycles. The molecular weight excluding hydrogens is 815 g/mol. The van der Waals surface area contributed by atoms with E-state index in [0.717, 1.165) is 18.2 Å². The first-order chi connectivity index (χ1) is 28.9. The molecule has 5 aromatic rings. The first-order valence-corrected chi connectivity index (χ1v) is 19.9. The predicted octanol–water partition coefficient (Wildman–Crippen LogP) is 6.85. The molecule has 5 heterocycles. The zero-order valence-corrected chi connectivity index (χ0v) is 33.1. The van der Waals surface area contributed by atoms with Crippen molar-refractivity contribution < 1.29 is 45.1 Å². The molecule has 324 valence electrons. The number of carbonyl (C=O) groups is 3. The second-order valence-corrected chi connectivity index (χ2v) is 16.2. The largest absolute Gasteiger partial charge is 0.433 e. The van der Waals surface area contributed by atoms with Gasteiger partial charge in [0.25, 0.3) is 18.3 Å². The van der Waals surface area contributed by atoms with E-state index < -0.39 is 77.5 Å². The minimum atomic E-state index is -4.80. The summed E-state index contributed by atoms with van der Waals surface area (Å²) < 4.78 is 104.